The second-order valence-electron chi connectivity index (χ2n) is 5.96. The van der Waals surface area contributed by atoms with Crippen molar-refractivity contribution in [3.8, 4) is 11.3 Å². The van der Waals surface area contributed by atoms with Gasteiger partial charge in [0.2, 0.25) is 5.16 Å². The molecule has 1 unspecified atom stereocenters. The van der Waals surface area contributed by atoms with E-state index in [1.165, 1.54) is 5.56 Å². The van der Waals surface area contributed by atoms with Gasteiger partial charge in [-0.05, 0) is 30.7 Å². The Hall–Kier alpha value is -2.44. The van der Waals surface area contributed by atoms with Crippen molar-refractivity contribution in [3.63, 3.8) is 0 Å². The van der Waals surface area contributed by atoms with E-state index in [0.717, 1.165) is 38.2 Å². The van der Waals surface area contributed by atoms with Crippen LogP contribution in [0.5, 0.6) is 0 Å². The zero-order valence-corrected chi connectivity index (χ0v) is 14.9. The standard InChI is InChI=1S/C18H14ClN5S/c1-10-21-22-18-24(10)23-17(25-18)15-13-9-12(19)7-8-14(13)20-16(15)11-5-3-2-4-6-11/h2-9,17,20,23H,1H3. The summed E-state index contributed by atoms with van der Waals surface area (Å²) in [5.74, 6) is 0.851. The summed E-state index contributed by atoms with van der Waals surface area (Å²) in [5.41, 5.74) is 7.99. The van der Waals surface area contributed by atoms with Crippen molar-refractivity contribution in [1.82, 2.24) is 19.9 Å². The molecule has 25 heavy (non-hydrogen) atoms. The molecule has 0 spiro atoms. The van der Waals surface area contributed by atoms with Gasteiger partial charge in [0, 0.05) is 21.5 Å². The second kappa shape index (κ2) is 5.54. The van der Waals surface area contributed by atoms with Gasteiger partial charge in [-0.25, -0.2) is 4.68 Å². The minimum Gasteiger partial charge on any atom is -0.354 e. The molecule has 3 heterocycles. The van der Waals surface area contributed by atoms with Gasteiger partial charge in [-0.2, -0.15) is 0 Å². The van der Waals surface area contributed by atoms with Gasteiger partial charge in [0.15, 0.2) is 0 Å². The second-order valence-corrected chi connectivity index (χ2v) is 7.47. The first kappa shape index (κ1) is 14.9. The van der Waals surface area contributed by atoms with Crippen LogP contribution in [0, 0.1) is 6.92 Å². The molecular formula is C18H14ClN5S. The number of hydrogen-bond acceptors (Lipinski definition) is 4. The number of rotatable bonds is 2. The van der Waals surface area contributed by atoms with E-state index >= 15 is 0 Å². The third kappa shape index (κ3) is 2.33. The molecule has 2 N–H and O–H groups in total. The van der Waals surface area contributed by atoms with Crippen molar-refractivity contribution in [1.29, 1.82) is 0 Å². The summed E-state index contributed by atoms with van der Waals surface area (Å²) in [5, 5.41) is 11.1. The molecule has 2 aromatic heterocycles. The quantitative estimate of drug-likeness (QED) is 0.537. The lowest BCUT2D eigenvalue weighted by atomic mass is 10.1. The number of aromatic amines is 1. The minimum absolute atomic E-state index is 0.0339. The normalized spacial score (nSPS) is 16.2. The van der Waals surface area contributed by atoms with Crippen LogP contribution in [0.4, 0.5) is 0 Å². The van der Waals surface area contributed by atoms with E-state index in [9.17, 15) is 0 Å². The first-order chi connectivity index (χ1) is 12.2. The molecular weight excluding hydrogens is 354 g/mol. The van der Waals surface area contributed by atoms with Crippen LogP contribution < -0.4 is 5.43 Å². The maximum Gasteiger partial charge on any atom is 0.212 e. The predicted molar refractivity (Wildman–Crippen MR) is 101 cm³/mol. The molecule has 0 amide bonds. The number of nitrogens with zero attached hydrogens (tertiary/aromatic N) is 3. The van der Waals surface area contributed by atoms with E-state index in [-0.39, 0.29) is 5.37 Å². The van der Waals surface area contributed by atoms with Crippen LogP contribution in [-0.4, -0.2) is 19.9 Å². The Morgan fingerprint density at radius 1 is 1.12 bits per heavy atom. The van der Waals surface area contributed by atoms with Crippen LogP contribution in [0.2, 0.25) is 5.02 Å². The van der Waals surface area contributed by atoms with Crippen molar-refractivity contribution in [2.24, 2.45) is 0 Å². The van der Waals surface area contributed by atoms with Gasteiger partial charge >= 0.3 is 0 Å². The SMILES string of the molecule is Cc1nnc2n1NC(c1c(-c3ccccc3)[nH]c3ccc(Cl)cc13)S2. The number of benzene rings is 2. The Labute approximate surface area is 153 Å². The average Bonchev–Trinajstić information content (AvgIpc) is 3.29. The Bertz CT molecular complexity index is 1090. The monoisotopic (exact) mass is 367 g/mol. The maximum atomic E-state index is 6.28. The van der Waals surface area contributed by atoms with E-state index in [1.807, 2.05) is 48.0 Å². The van der Waals surface area contributed by atoms with Gasteiger partial charge in [0.1, 0.15) is 11.2 Å². The molecule has 0 fully saturated rings. The van der Waals surface area contributed by atoms with E-state index in [0.29, 0.717) is 0 Å². The topological polar surface area (TPSA) is 58.5 Å². The summed E-state index contributed by atoms with van der Waals surface area (Å²) in [7, 11) is 0. The van der Waals surface area contributed by atoms with E-state index in [1.54, 1.807) is 11.8 Å². The molecule has 4 aromatic rings. The number of aryl methyl sites for hydroxylation is 1. The molecule has 0 radical (unpaired) electrons. The fraction of sp³-hybridized carbons (Fsp3) is 0.111. The van der Waals surface area contributed by atoms with Crippen LogP contribution >= 0.6 is 23.4 Å². The fourth-order valence-corrected chi connectivity index (χ4v) is 4.51. The lowest BCUT2D eigenvalue weighted by Gasteiger charge is -2.13. The van der Waals surface area contributed by atoms with Crippen LogP contribution in [0.25, 0.3) is 22.2 Å². The number of thioether (sulfide) groups is 1. The fourth-order valence-electron chi connectivity index (χ4n) is 3.23. The highest BCUT2D eigenvalue weighted by Gasteiger charge is 2.31. The van der Waals surface area contributed by atoms with Crippen LogP contribution in [0.3, 0.4) is 0 Å². The molecule has 0 aliphatic carbocycles. The summed E-state index contributed by atoms with van der Waals surface area (Å²) in [6, 6.07) is 16.3. The van der Waals surface area contributed by atoms with E-state index in [2.05, 4.69) is 32.7 Å². The van der Waals surface area contributed by atoms with Crippen molar-refractivity contribution >= 4 is 34.3 Å². The molecule has 7 heteroatoms. The zero-order chi connectivity index (χ0) is 17.0. The lowest BCUT2D eigenvalue weighted by molar-refractivity contribution is 0.765. The molecule has 0 saturated heterocycles. The summed E-state index contributed by atoms with van der Waals surface area (Å²) in [6.45, 7) is 1.94. The van der Waals surface area contributed by atoms with Gasteiger partial charge in [-0.3, -0.25) is 0 Å². The summed E-state index contributed by atoms with van der Waals surface area (Å²) in [4.78, 5) is 3.56. The Kier molecular flexibility index (Phi) is 3.29. The van der Waals surface area contributed by atoms with E-state index < -0.39 is 0 Å². The molecule has 2 aromatic carbocycles. The van der Waals surface area contributed by atoms with Crippen LogP contribution in [0.15, 0.2) is 53.7 Å². The Balaban J connectivity index is 1.72. The largest absolute Gasteiger partial charge is 0.354 e. The third-order valence-electron chi connectivity index (χ3n) is 4.39. The molecule has 1 atom stereocenters. The van der Waals surface area contributed by atoms with Gasteiger partial charge in [0.05, 0.1) is 5.69 Å². The average molecular weight is 368 g/mol. The number of hydrogen-bond donors (Lipinski definition) is 2. The van der Waals surface area contributed by atoms with Crippen LogP contribution in [-0.2, 0) is 0 Å². The number of nitrogens with one attached hydrogen (secondary N) is 2. The van der Waals surface area contributed by atoms with Crippen LogP contribution in [0.1, 0.15) is 16.8 Å². The van der Waals surface area contributed by atoms with Crippen molar-refractivity contribution in [2.45, 2.75) is 17.5 Å². The zero-order valence-electron chi connectivity index (χ0n) is 13.3. The molecule has 5 rings (SSSR count). The molecule has 5 nitrogen and oxygen atoms in total. The van der Waals surface area contributed by atoms with Gasteiger partial charge < -0.3 is 10.4 Å². The number of aromatic nitrogens is 4. The summed E-state index contributed by atoms with van der Waals surface area (Å²) < 4.78 is 1.94. The molecule has 1 aliphatic rings. The van der Waals surface area contributed by atoms with Crippen molar-refractivity contribution in [2.75, 3.05) is 5.43 Å². The smallest absolute Gasteiger partial charge is 0.212 e. The van der Waals surface area contributed by atoms with Crippen molar-refractivity contribution < 1.29 is 0 Å². The highest BCUT2D eigenvalue weighted by atomic mass is 35.5. The number of halogens is 1. The van der Waals surface area contributed by atoms with E-state index in [4.69, 9.17) is 11.6 Å². The molecule has 0 saturated carbocycles. The Morgan fingerprint density at radius 2 is 1.96 bits per heavy atom. The Morgan fingerprint density at radius 3 is 2.76 bits per heavy atom. The molecule has 124 valence electrons. The molecule has 0 bridgehead atoms. The van der Waals surface area contributed by atoms with Gasteiger partial charge in [-0.15, -0.1) is 10.2 Å². The number of H-pyrrole nitrogens is 1. The highest BCUT2D eigenvalue weighted by Crippen LogP contribution is 2.45. The highest BCUT2D eigenvalue weighted by molar-refractivity contribution is 7.99. The number of fused-ring (bicyclic) bond motifs is 2. The predicted octanol–water partition coefficient (Wildman–Crippen LogP) is 4.74. The molecule has 1 aliphatic heterocycles. The third-order valence-corrected chi connectivity index (χ3v) is 5.68. The maximum absolute atomic E-state index is 6.28. The summed E-state index contributed by atoms with van der Waals surface area (Å²) >= 11 is 7.94. The van der Waals surface area contributed by atoms with Gasteiger partial charge in [0.25, 0.3) is 0 Å². The lowest BCUT2D eigenvalue weighted by Crippen LogP contribution is -2.14. The first-order valence-electron chi connectivity index (χ1n) is 7.92. The first-order valence-corrected chi connectivity index (χ1v) is 9.18. The summed E-state index contributed by atoms with van der Waals surface area (Å²) in [6.07, 6.45) is 0. The minimum atomic E-state index is 0.0339. The van der Waals surface area contributed by atoms with Gasteiger partial charge in [-0.1, -0.05) is 53.7 Å². The van der Waals surface area contributed by atoms with Crippen molar-refractivity contribution in [3.05, 3.63) is 64.9 Å².